The van der Waals surface area contributed by atoms with Gasteiger partial charge in [0.15, 0.2) is 0 Å². The number of piperidine rings is 1. The minimum atomic E-state index is -0.765. The van der Waals surface area contributed by atoms with E-state index in [9.17, 15) is 9.59 Å². The van der Waals surface area contributed by atoms with Crippen molar-refractivity contribution in [1.82, 2.24) is 10.2 Å². The van der Waals surface area contributed by atoms with Gasteiger partial charge in [0.1, 0.15) is 0 Å². The number of hydrogen-bond donors (Lipinski definition) is 2. The van der Waals surface area contributed by atoms with Crippen molar-refractivity contribution < 1.29 is 19.4 Å². The molecule has 0 saturated carbocycles. The maximum atomic E-state index is 12.4. The van der Waals surface area contributed by atoms with E-state index in [4.69, 9.17) is 9.84 Å². The lowest BCUT2D eigenvalue weighted by molar-refractivity contribution is -0.143. The summed E-state index contributed by atoms with van der Waals surface area (Å²) in [5.41, 5.74) is 0. The summed E-state index contributed by atoms with van der Waals surface area (Å²) in [6.45, 7) is 9.54. The third kappa shape index (κ3) is 5.19. The summed E-state index contributed by atoms with van der Waals surface area (Å²) in [6, 6.07) is -0.202. The standard InChI is InChI=1S/C15H28N2O4/c1-5-21-9-13(10(2)3)16-15(20)17-7-6-12(14(18)19)8-11(17)4/h10-13H,5-9H2,1-4H3,(H,16,20)(H,18,19). The Kier molecular flexibility index (Phi) is 6.95. The summed E-state index contributed by atoms with van der Waals surface area (Å²) in [5.74, 6) is -0.820. The van der Waals surface area contributed by atoms with E-state index in [0.717, 1.165) is 0 Å². The van der Waals surface area contributed by atoms with Crippen molar-refractivity contribution in [1.29, 1.82) is 0 Å². The molecule has 0 aromatic rings. The molecule has 1 saturated heterocycles. The first-order chi connectivity index (χ1) is 9.86. The summed E-state index contributed by atoms with van der Waals surface area (Å²) in [7, 11) is 0. The van der Waals surface area contributed by atoms with Gasteiger partial charge in [-0.2, -0.15) is 0 Å². The van der Waals surface area contributed by atoms with Crippen molar-refractivity contribution in [3.63, 3.8) is 0 Å². The predicted molar refractivity (Wildman–Crippen MR) is 80.2 cm³/mol. The molecule has 0 bridgehead atoms. The van der Waals surface area contributed by atoms with Crippen molar-refractivity contribution in [2.24, 2.45) is 11.8 Å². The molecule has 0 radical (unpaired) electrons. The number of nitrogens with zero attached hydrogens (tertiary/aromatic N) is 1. The number of rotatable bonds is 6. The average Bonchev–Trinajstić information content (AvgIpc) is 2.42. The second-order valence-electron chi connectivity index (χ2n) is 6.06. The molecule has 2 N–H and O–H groups in total. The molecule has 1 heterocycles. The quantitative estimate of drug-likeness (QED) is 0.786. The minimum Gasteiger partial charge on any atom is -0.481 e. The number of aliphatic carboxylic acids is 1. The molecule has 2 amide bonds. The highest BCUT2D eigenvalue weighted by Crippen LogP contribution is 2.23. The Morgan fingerprint density at radius 1 is 1.43 bits per heavy atom. The van der Waals surface area contributed by atoms with Crippen LogP contribution in [0.2, 0.25) is 0 Å². The van der Waals surface area contributed by atoms with E-state index < -0.39 is 5.97 Å². The molecule has 1 aliphatic heterocycles. The number of ether oxygens (including phenoxy) is 1. The Morgan fingerprint density at radius 3 is 2.57 bits per heavy atom. The molecular weight excluding hydrogens is 272 g/mol. The molecule has 3 atom stereocenters. The third-order valence-corrected chi connectivity index (χ3v) is 4.10. The van der Waals surface area contributed by atoms with Gasteiger partial charge in [-0.3, -0.25) is 4.79 Å². The number of carboxylic acid groups (broad SMARTS) is 1. The van der Waals surface area contributed by atoms with Crippen LogP contribution < -0.4 is 5.32 Å². The minimum absolute atomic E-state index is 0.0261. The van der Waals surface area contributed by atoms with Crippen molar-refractivity contribution in [2.75, 3.05) is 19.8 Å². The highest BCUT2D eigenvalue weighted by atomic mass is 16.5. The molecule has 0 spiro atoms. The first kappa shape index (κ1) is 17.8. The Hall–Kier alpha value is -1.30. The maximum absolute atomic E-state index is 12.4. The van der Waals surface area contributed by atoms with E-state index in [2.05, 4.69) is 5.32 Å². The molecule has 3 unspecified atom stereocenters. The molecule has 122 valence electrons. The van der Waals surface area contributed by atoms with Gasteiger partial charge in [-0.05, 0) is 32.6 Å². The molecule has 6 heteroatoms. The number of nitrogens with one attached hydrogen (secondary N) is 1. The Labute approximate surface area is 126 Å². The van der Waals surface area contributed by atoms with Crippen LogP contribution in [0.15, 0.2) is 0 Å². The molecule has 1 rings (SSSR count). The second kappa shape index (κ2) is 8.22. The fourth-order valence-corrected chi connectivity index (χ4v) is 2.59. The van der Waals surface area contributed by atoms with Crippen molar-refractivity contribution >= 4 is 12.0 Å². The topological polar surface area (TPSA) is 78.9 Å². The number of carbonyl (C=O) groups is 2. The fraction of sp³-hybridized carbons (Fsp3) is 0.867. The van der Waals surface area contributed by atoms with Crippen LogP contribution in [0.4, 0.5) is 4.79 Å². The highest BCUT2D eigenvalue weighted by Gasteiger charge is 2.33. The first-order valence-corrected chi connectivity index (χ1v) is 7.74. The number of hydrogen-bond acceptors (Lipinski definition) is 3. The van der Waals surface area contributed by atoms with Gasteiger partial charge in [0.05, 0.1) is 18.6 Å². The summed E-state index contributed by atoms with van der Waals surface area (Å²) in [6.07, 6.45) is 1.03. The zero-order chi connectivity index (χ0) is 16.0. The van der Waals surface area contributed by atoms with Crippen LogP contribution in [0.5, 0.6) is 0 Å². The molecule has 1 aliphatic rings. The highest BCUT2D eigenvalue weighted by molar-refractivity contribution is 5.76. The molecule has 6 nitrogen and oxygen atoms in total. The van der Waals surface area contributed by atoms with Crippen molar-refractivity contribution in [2.45, 2.75) is 52.6 Å². The Balaban J connectivity index is 2.56. The molecule has 1 fully saturated rings. The van der Waals surface area contributed by atoms with Gasteiger partial charge in [-0.15, -0.1) is 0 Å². The zero-order valence-electron chi connectivity index (χ0n) is 13.5. The maximum Gasteiger partial charge on any atom is 0.317 e. The lowest BCUT2D eigenvalue weighted by Gasteiger charge is -2.37. The molecule has 21 heavy (non-hydrogen) atoms. The number of carboxylic acids is 1. The van der Waals surface area contributed by atoms with Gasteiger partial charge in [0.25, 0.3) is 0 Å². The van der Waals surface area contributed by atoms with Gasteiger partial charge in [0, 0.05) is 19.2 Å². The lowest BCUT2D eigenvalue weighted by atomic mass is 9.92. The number of amides is 2. The first-order valence-electron chi connectivity index (χ1n) is 7.74. The van der Waals surface area contributed by atoms with Gasteiger partial charge in [-0.25, -0.2) is 4.79 Å². The average molecular weight is 300 g/mol. The molecule has 0 aliphatic carbocycles. The molecular formula is C15H28N2O4. The van der Waals surface area contributed by atoms with Gasteiger partial charge in [0.2, 0.25) is 0 Å². The SMILES string of the molecule is CCOCC(NC(=O)N1CCC(C(=O)O)CC1C)C(C)C. The van der Waals surface area contributed by atoms with Crippen molar-refractivity contribution in [3.8, 4) is 0 Å². The van der Waals surface area contributed by atoms with E-state index in [1.807, 2.05) is 27.7 Å². The van der Waals surface area contributed by atoms with Crippen LogP contribution in [-0.4, -0.2) is 53.8 Å². The third-order valence-electron chi connectivity index (χ3n) is 4.10. The van der Waals surface area contributed by atoms with Crippen LogP contribution in [-0.2, 0) is 9.53 Å². The summed E-state index contributed by atoms with van der Waals surface area (Å²) >= 11 is 0. The predicted octanol–water partition coefficient (Wildman–Crippen LogP) is 1.94. The second-order valence-corrected chi connectivity index (χ2v) is 6.06. The van der Waals surface area contributed by atoms with Crippen LogP contribution in [0, 0.1) is 11.8 Å². The molecule has 0 aromatic heterocycles. The van der Waals surface area contributed by atoms with Crippen LogP contribution in [0.3, 0.4) is 0 Å². The van der Waals surface area contributed by atoms with Gasteiger partial charge < -0.3 is 20.1 Å². The lowest BCUT2D eigenvalue weighted by Crippen LogP contribution is -2.54. The van der Waals surface area contributed by atoms with Crippen LogP contribution >= 0.6 is 0 Å². The van der Waals surface area contributed by atoms with Gasteiger partial charge >= 0.3 is 12.0 Å². The van der Waals surface area contributed by atoms with Gasteiger partial charge in [-0.1, -0.05) is 13.8 Å². The summed E-state index contributed by atoms with van der Waals surface area (Å²) in [5, 5.41) is 12.1. The summed E-state index contributed by atoms with van der Waals surface area (Å²) < 4.78 is 5.41. The Morgan fingerprint density at radius 2 is 2.10 bits per heavy atom. The largest absolute Gasteiger partial charge is 0.481 e. The zero-order valence-corrected chi connectivity index (χ0v) is 13.5. The fourth-order valence-electron chi connectivity index (χ4n) is 2.59. The van der Waals surface area contributed by atoms with E-state index in [0.29, 0.717) is 32.6 Å². The summed E-state index contributed by atoms with van der Waals surface area (Å²) in [4.78, 5) is 25.1. The Bertz CT molecular complexity index is 360. The number of urea groups is 1. The van der Waals surface area contributed by atoms with E-state index in [1.54, 1.807) is 4.90 Å². The number of carbonyl (C=O) groups excluding carboxylic acids is 1. The smallest absolute Gasteiger partial charge is 0.317 e. The van der Waals surface area contributed by atoms with Crippen molar-refractivity contribution in [3.05, 3.63) is 0 Å². The van der Waals surface area contributed by atoms with E-state index in [-0.39, 0.29) is 30.0 Å². The van der Waals surface area contributed by atoms with Crippen LogP contribution in [0.25, 0.3) is 0 Å². The van der Waals surface area contributed by atoms with E-state index in [1.165, 1.54) is 0 Å². The van der Waals surface area contributed by atoms with E-state index >= 15 is 0 Å². The normalized spacial score (nSPS) is 24.0. The molecule has 0 aromatic carbocycles. The van der Waals surface area contributed by atoms with Crippen LogP contribution in [0.1, 0.15) is 40.5 Å². The number of likely N-dealkylation sites (tertiary alicyclic amines) is 1. The monoisotopic (exact) mass is 300 g/mol.